The van der Waals surface area contributed by atoms with Gasteiger partial charge in [-0.3, -0.25) is 4.79 Å². The molecule has 178 valence electrons. The quantitative estimate of drug-likeness (QED) is 0.477. The number of piperidine rings is 1. The highest BCUT2D eigenvalue weighted by Crippen LogP contribution is 2.36. The van der Waals surface area contributed by atoms with Crippen LogP contribution >= 0.6 is 0 Å². The van der Waals surface area contributed by atoms with E-state index >= 15 is 0 Å². The number of hydrogen-bond donors (Lipinski definition) is 2. The van der Waals surface area contributed by atoms with Crippen molar-refractivity contribution < 1.29 is 14.6 Å². The Morgan fingerprint density at radius 3 is 2.44 bits per heavy atom. The summed E-state index contributed by atoms with van der Waals surface area (Å²) < 4.78 is 5.65. The summed E-state index contributed by atoms with van der Waals surface area (Å²) in [6, 6.07) is 21.8. The van der Waals surface area contributed by atoms with Crippen molar-refractivity contribution in [2.75, 3.05) is 25.5 Å². The minimum absolute atomic E-state index is 0.132. The van der Waals surface area contributed by atoms with Crippen LogP contribution in [-0.2, 0) is 6.61 Å². The van der Waals surface area contributed by atoms with Crippen molar-refractivity contribution >= 4 is 11.6 Å². The second kappa shape index (κ2) is 10.9. The third-order valence-electron chi connectivity index (χ3n) is 6.81. The first-order chi connectivity index (χ1) is 16.5. The van der Waals surface area contributed by atoms with E-state index in [4.69, 9.17) is 4.74 Å². The van der Waals surface area contributed by atoms with Crippen LogP contribution in [0.25, 0.3) is 11.1 Å². The Kier molecular flexibility index (Phi) is 7.66. The number of anilines is 1. The molecule has 0 radical (unpaired) electrons. The van der Waals surface area contributed by atoms with E-state index in [-0.39, 0.29) is 12.5 Å². The van der Waals surface area contributed by atoms with Crippen LogP contribution in [0.5, 0.6) is 5.75 Å². The molecule has 4 rings (SSSR count). The number of nitrogens with one attached hydrogen (secondary N) is 1. The predicted molar refractivity (Wildman–Crippen MR) is 137 cm³/mol. The number of carbonyl (C=O) groups is 1. The molecule has 0 spiro atoms. The third kappa shape index (κ3) is 5.32. The van der Waals surface area contributed by atoms with Crippen LogP contribution in [0.3, 0.4) is 0 Å². The van der Waals surface area contributed by atoms with Crippen molar-refractivity contribution in [2.24, 2.45) is 0 Å². The van der Waals surface area contributed by atoms with E-state index in [0.717, 1.165) is 59.6 Å². The van der Waals surface area contributed by atoms with Gasteiger partial charge < -0.3 is 20.1 Å². The zero-order valence-electron chi connectivity index (χ0n) is 20.3. The molecule has 1 aliphatic heterocycles. The molecule has 1 amide bonds. The summed E-state index contributed by atoms with van der Waals surface area (Å²) >= 11 is 0. The summed E-state index contributed by atoms with van der Waals surface area (Å²) in [7, 11) is 1.70. The molecule has 3 aromatic carbocycles. The summed E-state index contributed by atoms with van der Waals surface area (Å²) in [6.45, 7) is 6.49. The van der Waals surface area contributed by atoms with Gasteiger partial charge in [-0.15, -0.1) is 0 Å². The van der Waals surface area contributed by atoms with Crippen molar-refractivity contribution in [3.05, 3.63) is 83.4 Å². The molecular weight excluding hydrogens is 424 g/mol. The van der Waals surface area contributed by atoms with Gasteiger partial charge in [0.1, 0.15) is 5.75 Å². The molecule has 5 nitrogen and oxygen atoms in total. The van der Waals surface area contributed by atoms with Gasteiger partial charge in [-0.1, -0.05) is 36.4 Å². The van der Waals surface area contributed by atoms with Crippen molar-refractivity contribution in [1.82, 2.24) is 4.90 Å². The average Bonchev–Trinajstić information content (AvgIpc) is 2.88. The van der Waals surface area contributed by atoms with Crippen LogP contribution in [0.4, 0.5) is 5.69 Å². The number of ether oxygens (including phenoxy) is 1. The molecular formula is C29H34N2O3. The molecule has 0 aromatic heterocycles. The monoisotopic (exact) mass is 458 g/mol. The molecule has 0 saturated carbocycles. The third-order valence-corrected chi connectivity index (χ3v) is 6.81. The Labute approximate surface area is 202 Å². The van der Waals surface area contributed by atoms with Gasteiger partial charge in [0, 0.05) is 17.3 Å². The molecule has 1 fully saturated rings. The maximum Gasteiger partial charge on any atom is 0.255 e. The first kappa shape index (κ1) is 24.0. The molecule has 5 heteroatoms. The fourth-order valence-corrected chi connectivity index (χ4v) is 4.83. The number of amides is 1. The molecule has 0 aliphatic carbocycles. The zero-order valence-corrected chi connectivity index (χ0v) is 20.3. The molecule has 0 bridgehead atoms. The van der Waals surface area contributed by atoms with Crippen LogP contribution in [0.1, 0.15) is 54.1 Å². The highest BCUT2D eigenvalue weighted by molar-refractivity contribution is 6.04. The number of nitrogens with zero attached hydrogens (tertiary/aromatic N) is 1. The number of carbonyl (C=O) groups excluding carboxylic acids is 1. The fraction of sp³-hybridized carbons (Fsp3) is 0.345. The molecule has 0 atom stereocenters. The van der Waals surface area contributed by atoms with E-state index in [0.29, 0.717) is 17.5 Å². The fourth-order valence-electron chi connectivity index (χ4n) is 4.83. The number of hydrogen-bond acceptors (Lipinski definition) is 4. The standard InChI is InChI=1S/C29H34N2O3/c1-20(2)31-15-13-22(14-16-31)27-18-25(10-12-28(27)34-3)30-29(33)23-9-11-26(24(17-23)19-32)21-7-5-4-6-8-21/h4-12,17-18,20,22,32H,13-16,19H2,1-3H3,(H,30,33). The SMILES string of the molecule is COc1ccc(NC(=O)c2ccc(-c3ccccc3)c(CO)c2)cc1C1CCN(C(C)C)CC1. The van der Waals surface area contributed by atoms with E-state index in [1.807, 2.05) is 54.6 Å². The topological polar surface area (TPSA) is 61.8 Å². The van der Waals surface area contributed by atoms with E-state index in [9.17, 15) is 9.90 Å². The van der Waals surface area contributed by atoms with Crippen LogP contribution in [0.15, 0.2) is 66.7 Å². The number of rotatable bonds is 7. The van der Waals surface area contributed by atoms with Crippen molar-refractivity contribution in [3.8, 4) is 16.9 Å². The second-order valence-corrected chi connectivity index (χ2v) is 9.21. The lowest BCUT2D eigenvalue weighted by molar-refractivity contribution is 0.102. The summed E-state index contributed by atoms with van der Waals surface area (Å²) in [5.41, 5.74) is 5.10. The van der Waals surface area contributed by atoms with Crippen LogP contribution in [-0.4, -0.2) is 42.2 Å². The van der Waals surface area contributed by atoms with Gasteiger partial charge in [-0.2, -0.15) is 0 Å². The average molecular weight is 459 g/mol. The highest BCUT2D eigenvalue weighted by atomic mass is 16.5. The Balaban J connectivity index is 1.53. The molecule has 1 heterocycles. The van der Waals surface area contributed by atoms with E-state index < -0.39 is 0 Å². The first-order valence-electron chi connectivity index (χ1n) is 12.0. The Morgan fingerprint density at radius 1 is 1.06 bits per heavy atom. The summed E-state index contributed by atoms with van der Waals surface area (Å²) in [4.78, 5) is 15.6. The molecule has 2 N–H and O–H groups in total. The molecule has 1 saturated heterocycles. The number of likely N-dealkylation sites (tertiary alicyclic amines) is 1. The van der Waals surface area contributed by atoms with Gasteiger partial charge in [0.25, 0.3) is 5.91 Å². The highest BCUT2D eigenvalue weighted by Gasteiger charge is 2.25. The van der Waals surface area contributed by atoms with E-state index in [1.54, 1.807) is 13.2 Å². The lowest BCUT2D eigenvalue weighted by Crippen LogP contribution is -2.37. The van der Waals surface area contributed by atoms with Crippen molar-refractivity contribution in [3.63, 3.8) is 0 Å². The first-order valence-corrected chi connectivity index (χ1v) is 12.0. The normalized spacial score (nSPS) is 14.9. The Bertz CT molecular complexity index is 1120. The lowest BCUT2D eigenvalue weighted by Gasteiger charge is -2.35. The van der Waals surface area contributed by atoms with Crippen molar-refractivity contribution in [1.29, 1.82) is 0 Å². The number of aliphatic hydroxyl groups is 1. The van der Waals surface area contributed by atoms with Gasteiger partial charge in [0.2, 0.25) is 0 Å². The maximum atomic E-state index is 13.1. The lowest BCUT2D eigenvalue weighted by atomic mass is 9.88. The summed E-state index contributed by atoms with van der Waals surface area (Å²) in [5, 5.41) is 13.0. The molecule has 0 unspecified atom stereocenters. The molecule has 34 heavy (non-hydrogen) atoms. The maximum absolute atomic E-state index is 13.1. The van der Waals surface area contributed by atoms with Crippen molar-refractivity contribution in [2.45, 2.75) is 45.3 Å². The minimum atomic E-state index is -0.194. The van der Waals surface area contributed by atoms with Crippen LogP contribution in [0, 0.1) is 0 Å². The summed E-state index contributed by atoms with van der Waals surface area (Å²) in [6.07, 6.45) is 2.15. The second-order valence-electron chi connectivity index (χ2n) is 9.21. The van der Waals surface area contributed by atoms with Gasteiger partial charge in [-0.05, 0) is 98.3 Å². The van der Waals surface area contributed by atoms with Gasteiger partial charge in [-0.25, -0.2) is 0 Å². The van der Waals surface area contributed by atoms with Gasteiger partial charge in [0.05, 0.1) is 13.7 Å². The number of aliphatic hydroxyl groups excluding tert-OH is 1. The predicted octanol–water partition coefficient (Wildman–Crippen LogP) is 5.69. The Hall–Kier alpha value is -3.15. The largest absolute Gasteiger partial charge is 0.496 e. The Morgan fingerprint density at radius 2 is 1.79 bits per heavy atom. The van der Waals surface area contributed by atoms with E-state index in [2.05, 4.69) is 30.1 Å². The minimum Gasteiger partial charge on any atom is -0.496 e. The van der Waals surface area contributed by atoms with Gasteiger partial charge >= 0.3 is 0 Å². The smallest absolute Gasteiger partial charge is 0.255 e. The molecule has 1 aliphatic rings. The van der Waals surface area contributed by atoms with Crippen LogP contribution in [0.2, 0.25) is 0 Å². The number of benzene rings is 3. The molecule has 3 aromatic rings. The summed E-state index contributed by atoms with van der Waals surface area (Å²) in [5.74, 6) is 1.09. The van der Waals surface area contributed by atoms with E-state index in [1.165, 1.54) is 0 Å². The number of methoxy groups -OCH3 is 1. The van der Waals surface area contributed by atoms with Gasteiger partial charge in [0.15, 0.2) is 0 Å². The van der Waals surface area contributed by atoms with Crippen LogP contribution < -0.4 is 10.1 Å². The zero-order chi connectivity index (χ0) is 24.1.